The van der Waals surface area contributed by atoms with E-state index in [-0.39, 0.29) is 0 Å². The zero-order valence-corrected chi connectivity index (χ0v) is 16.2. The first-order valence-corrected chi connectivity index (χ1v) is 9.38. The number of aliphatic hydroxyl groups excluding tert-OH is 1. The first kappa shape index (κ1) is 18.6. The van der Waals surface area contributed by atoms with E-state index in [0.29, 0.717) is 22.2 Å². The predicted octanol–water partition coefficient (Wildman–Crippen LogP) is 3.35. The molecule has 1 unspecified atom stereocenters. The van der Waals surface area contributed by atoms with Crippen LogP contribution in [0.2, 0.25) is 0 Å². The Kier molecular flexibility index (Phi) is 5.70. The van der Waals surface area contributed by atoms with Crippen molar-refractivity contribution in [2.75, 3.05) is 11.1 Å². The minimum atomic E-state index is -0.422. The molecule has 0 aliphatic rings. The fraction of sp³-hybridized carbons (Fsp3) is 0.235. The largest absolute Gasteiger partial charge is 0.393 e. The number of thiol groups is 1. The highest BCUT2D eigenvalue weighted by Gasteiger charge is 2.14. The van der Waals surface area contributed by atoms with Gasteiger partial charge in [0.1, 0.15) is 5.03 Å². The highest BCUT2D eigenvalue weighted by Crippen LogP contribution is 2.28. The molecule has 136 valence electrons. The van der Waals surface area contributed by atoms with Crippen molar-refractivity contribution in [1.29, 1.82) is 0 Å². The molecular weight excluding hydrogens is 368 g/mol. The summed E-state index contributed by atoms with van der Waals surface area (Å²) >= 11 is 5.92. The van der Waals surface area contributed by atoms with Crippen LogP contribution in [0.3, 0.4) is 0 Å². The molecule has 0 aromatic carbocycles. The van der Waals surface area contributed by atoms with Crippen LogP contribution < -0.4 is 5.32 Å². The molecule has 0 fully saturated rings. The number of aromatic nitrogens is 5. The van der Waals surface area contributed by atoms with Crippen LogP contribution in [0.4, 0.5) is 5.82 Å². The van der Waals surface area contributed by atoms with E-state index in [9.17, 15) is 5.11 Å². The molecule has 0 spiro atoms. The maximum atomic E-state index is 9.58. The number of thioether (sulfide) groups is 1. The number of nitrogens with one attached hydrogen (secondary N) is 2. The standard InChI is InChI=1S/C17H20N6OS2/c1-10(2)4-14(25)21-16-17-18-7-13(12-5-19-20-6-12)23(17)8-15(22-16)26-9-11(3)24/h4-8,11,24-25H,1,9H2,2-3H3,(H,19,20)(H,21,22)/b14-4-. The fourth-order valence-corrected chi connectivity index (χ4v) is 3.39. The first-order chi connectivity index (χ1) is 12.4. The molecule has 7 nitrogen and oxygen atoms in total. The number of rotatable bonds is 7. The number of anilines is 1. The molecular formula is C17H20N6OS2. The first-order valence-electron chi connectivity index (χ1n) is 7.95. The van der Waals surface area contributed by atoms with Gasteiger partial charge in [-0.2, -0.15) is 5.10 Å². The van der Waals surface area contributed by atoms with Crippen LogP contribution in [-0.4, -0.2) is 41.5 Å². The van der Waals surface area contributed by atoms with Gasteiger partial charge in [0.05, 0.1) is 29.2 Å². The van der Waals surface area contributed by atoms with Crippen LogP contribution in [-0.2, 0) is 0 Å². The molecule has 0 saturated carbocycles. The second-order valence-electron chi connectivity index (χ2n) is 5.91. The number of imidazole rings is 1. The number of H-pyrrole nitrogens is 1. The number of hydrogen-bond acceptors (Lipinski definition) is 7. The van der Waals surface area contributed by atoms with E-state index in [1.165, 1.54) is 11.8 Å². The van der Waals surface area contributed by atoms with Gasteiger partial charge in [-0.15, -0.1) is 24.4 Å². The quantitative estimate of drug-likeness (QED) is 0.282. The van der Waals surface area contributed by atoms with Gasteiger partial charge in [-0.3, -0.25) is 9.50 Å². The second-order valence-corrected chi connectivity index (χ2v) is 7.43. The lowest BCUT2D eigenvalue weighted by atomic mass is 10.3. The molecule has 3 aromatic heterocycles. The Bertz CT molecular complexity index is 946. The topological polar surface area (TPSA) is 91.1 Å². The SMILES string of the molecule is C=C(C)/C=C(\S)Nc1nc(SCC(C)O)cn2c(-c3cn[nH]c3)cnc12. The van der Waals surface area contributed by atoms with E-state index in [4.69, 9.17) is 0 Å². The van der Waals surface area contributed by atoms with E-state index in [0.717, 1.165) is 21.9 Å². The highest BCUT2D eigenvalue weighted by molar-refractivity contribution is 7.99. The van der Waals surface area contributed by atoms with Gasteiger partial charge < -0.3 is 10.4 Å². The normalized spacial score (nSPS) is 13.2. The Morgan fingerprint density at radius 3 is 3.00 bits per heavy atom. The van der Waals surface area contributed by atoms with Gasteiger partial charge in [0.2, 0.25) is 0 Å². The molecule has 3 N–H and O–H groups in total. The van der Waals surface area contributed by atoms with Crippen LogP contribution in [0.15, 0.2) is 53.1 Å². The summed E-state index contributed by atoms with van der Waals surface area (Å²) < 4.78 is 1.95. The predicted molar refractivity (Wildman–Crippen MR) is 108 cm³/mol. The average Bonchev–Trinajstić information content (AvgIpc) is 3.20. The van der Waals surface area contributed by atoms with Gasteiger partial charge >= 0.3 is 0 Å². The van der Waals surface area contributed by atoms with Crippen molar-refractivity contribution in [3.8, 4) is 11.3 Å². The summed E-state index contributed by atoms with van der Waals surface area (Å²) in [5.74, 6) is 1.13. The summed E-state index contributed by atoms with van der Waals surface area (Å²) in [5, 5.41) is 21.0. The number of fused-ring (bicyclic) bond motifs is 1. The molecule has 9 heteroatoms. The van der Waals surface area contributed by atoms with Crippen LogP contribution in [0, 0.1) is 0 Å². The maximum absolute atomic E-state index is 9.58. The zero-order valence-electron chi connectivity index (χ0n) is 14.5. The fourth-order valence-electron chi connectivity index (χ4n) is 2.32. The lowest BCUT2D eigenvalue weighted by molar-refractivity contribution is 0.220. The van der Waals surface area contributed by atoms with Gasteiger partial charge in [0.15, 0.2) is 11.5 Å². The van der Waals surface area contributed by atoms with E-state index >= 15 is 0 Å². The minimum absolute atomic E-state index is 0.422. The van der Waals surface area contributed by atoms with Gasteiger partial charge in [-0.05, 0) is 19.9 Å². The summed E-state index contributed by atoms with van der Waals surface area (Å²) in [7, 11) is 0. The molecule has 3 rings (SSSR count). The van der Waals surface area contributed by atoms with Crippen LogP contribution in [0.5, 0.6) is 0 Å². The van der Waals surface area contributed by atoms with Crippen molar-refractivity contribution in [3.63, 3.8) is 0 Å². The molecule has 26 heavy (non-hydrogen) atoms. The Morgan fingerprint density at radius 1 is 1.54 bits per heavy atom. The molecule has 3 heterocycles. The van der Waals surface area contributed by atoms with Gasteiger partial charge in [0.25, 0.3) is 0 Å². The summed E-state index contributed by atoms with van der Waals surface area (Å²) in [6.45, 7) is 7.50. The number of hydrogen-bond donors (Lipinski definition) is 4. The third-order valence-electron chi connectivity index (χ3n) is 3.37. The molecule has 0 saturated heterocycles. The number of allylic oxidation sites excluding steroid dienone is 2. The van der Waals surface area contributed by atoms with E-state index in [2.05, 4.69) is 44.7 Å². The summed E-state index contributed by atoms with van der Waals surface area (Å²) in [6, 6.07) is 0. The minimum Gasteiger partial charge on any atom is -0.393 e. The zero-order chi connectivity index (χ0) is 18.7. The molecule has 0 aliphatic carbocycles. The average molecular weight is 389 g/mol. The molecule has 0 radical (unpaired) electrons. The molecule has 0 amide bonds. The number of nitrogens with zero attached hydrogens (tertiary/aromatic N) is 4. The van der Waals surface area contributed by atoms with Crippen molar-refractivity contribution in [3.05, 3.63) is 48.0 Å². The van der Waals surface area contributed by atoms with Gasteiger partial charge in [-0.25, -0.2) is 9.97 Å². The van der Waals surface area contributed by atoms with Crippen molar-refractivity contribution in [2.45, 2.75) is 25.0 Å². The van der Waals surface area contributed by atoms with E-state index < -0.39 is 6.10 Å². The van der Waals surface area contributed by atoms with Gasteiger partial charge in [0, 0.05) is 23.7 Å². The van der Waals surface area contributed by atoms with Crippen molar-refractivity contribution < 1.29 is 5.11 Å². The molecule has 0 aliphatic heterocycles. The van der Waals surface area contributed by atoms with E-state index in [1.54, 1.807) is 19.3 Å². The Balaban J connectivity index is 2.07. The maximum Gasteiger partial charge on any atom is 0.181 e. The summed E-state index contributed by atoms with van der Waals surface area (Å²) in [5.41, 5.74) is 3.36. The second kappa shape index (κ2) is 7.98. The number of aromatic amines is 1. The van der Waals surface area contributed by atoms with Crippen LogP contribution in [0.1, 0.15) is 13.8 Å². The lowest BCUT2D eigenvalue weighted by Gasteiger charge is -2.11. The van der Waals surface area contributed by atoms with Gasteiger partial charge in [-0.1, -0.05) is 12.2 Å². The lowest BCUT2D eigenvalue weighted by Crippen LogP contribution is -2.05. The molecule has 3 aromatic rings. The Morgan fingerprint density at radius 2 is 2.35 bits per heavy atom. The van der Waals surface area contributed by atoms with Crippen molar-refractivity contribution in [2.24, 2.45) is 0 Å². The third-order valence-corrected chi connectivity index (χ3v) is 4.75. The van der Waals surface area contributed by atoms with Crippen molar-refractivity contribution in [1.82, 2.24) is 24.6 Å². The third kappa shape index (κ3) is 4.29. The Labute approximate surface area is 161 Å². The van der Waals surface area contributed by atoms with Crippen molar-refractivity contribution >= 4 is 35.9 Å². The monoisotopic (exact) mass is 388 g/mol. The molecule has 1 atom stereocenters. The van der Waals surface area contributed by atoms with Crippen LogP contribution in [0.25, 0.3) is 16.9 Å². The smallest absolute Gasteiger partial charge is 0.181 e. The Hall–Kier alpha value is -2.23. The molecule has 0 bridgehead atoms. The highest BCUT2D eigenvalue weighted by atomic mass is 32.2. The summed E-state index contributed by atoms with van der Waals surface area (Å²) in [4.78, 5) is 9.13. The number of aliphatic hydroxyl groups is 1. The van der Waals surface area contributed by atoms with E-state index in [1.807, 2.05) is 29.8 Å². The van der Waals surface area contributed by atoms with Crippen LogP contribution >= 0.6 is 24.4 Å². The summed E-state index contributed by atoms with van der Waals surface area (Å²) in [6.07, 6.45) is 8.63.